The van der Waals surface area contributed by atoms with Crippen molar-refractivity contribution in [2.45, 2.75) is 6.42 Å². The van der Waals surface area contributed by atoms with Gasteiger partial charge in [0.05, 0.1) is 0 Å². The number of hydrogen-bond acceptors (Lipinski definition) is 4. The highest BCUT2D eigenvalue weighted by atomic mass is 16.4. The van der Waals surface area contributed by atoms with Gasteiger partial charge in [-0.2, -0.15) is 0 Å². The highest BCUT2D eigenvalue weighted by molar-refractivity contribution is 5.92. The summed E-state index contributed by atoms with van der Waals surface area (Å²) in [5.41, 5.74) is 0.422. The molecule has 2 aromatic carbocycles. The first kappa shape index (κ1) is 14.4. The number of carboxylic acids is 2. The predicted octanol–water partition coefficient (Wildman–Crippen LogP) is 2.09. The molecule has 0 saturated heterocycles. The molecular formula is C15H12O6. The number of aromatic hydroxyl groups is 2. The quantitative estimate of drug-likeness (QED) is 0.684. The largest absolute Gasteiger partial charge is 0.507 e. The summed E-state index contributed by atoms with van der Waals surface area (Å²) in [6, 6.07) is 8.36. The smallest absolute Gasteiger partial charge is 0.339 e. The average molecular weight is 288 g/mol. The summed E-state index contributed by atoms with van der Waals surface area (Å²) in [5, 5.41) is 37.2. The molecule has 0 radical (unpaired) electrons. The minimum Gasteiger partial charge on any atom is -0.507 e. The van der Waals surface area contributed by atoms with Crippen LogP contribution in [-0.4, -0.2) is 32.4 Å². The third-order valence-electron chi connectivity index (χ3n) is 3.04. The van der Waals surface area contributed by atoms with Crippen LogP contribution in [0.5, 0.6) is 11.5 Å². The molecule has 0 amide bonds. The Morgan fingerprint density at radius 2 is 1.57 bits per heavy atom. The number of hydrogen-bond donors (Lipinski definition) is 4. The molecule has 4 N–H and O–H groups in total. The van der Waals surface area contributed by atoms with Crippen molar-refractivity contribution in [3.05, 3.63) is 58.7 Å². The molecule has 0 aliphatic rings. The lowest BCUT2D eigenvalue weighted by molar-refractivity contribution is 0.0682. The van der Waals surface area contributed by atoms with E-state index in [1.54, 1.807) is 6.07 Å². The second-order valence-corrected chi connectivity index (χ2v) is 4.45. The van der Waals surface area contributed by atoms with Gasteiger partial charge in [-0.3, -0.25) is 0 Å². The molecule has 0 unspecified atom stereocenters. The molecular weight excluding hydrogens is 276 g/mol. The Kier molecular flexibility index (Phi) is 3.80. The summed E-state index contributed by atoms with van der Waals surface area (Å²) in [4.78, 5) is 21.9. The van der Waals surface area contributed by atoms with Crippen LogP contribution in [0.25, 0.3) is 0 Å². The van der Waals surface area contributed by atoms with E-state index in [0.29, 0.717) is 11.1 Å². The topological polar surface area (TPSA) is 115 Å². The van der Waals surface area contributed by atoms with Crippen LogP contribution in [0.4, 0.5) is 0 Å². The van der Waals surface area contributed by atoms with Crippen LogP contribution in [0.15, 0.2) is 36.4 Å². The molecule has 0 aromatic heterocycles. The van der Waals surface area contributed by atoms with Crippen molar-refractivity contribution in [1.29, 1.82) is 0 Å². The summed E-state index contributed by atoms with van der Waals surface area (Å²) < 4.78 is 0. The van der Waals surface area contributed by atoms with Crippen LogP contribution < -0.4 is 0 Å². The van der Waals surface area contributed by atoms with Gasteiger partial charge in [0.15, 0.2) is 0 Å². The number of benzene rings is 2. The van der Waals surface area contributed by atoms with Gasteiger partial charge in [0.2, 0.25) is 0 Å². The van der Waals surface area contributed by atoms with E-state index in [4.69, 9.17) is 10.2 Å². The van der Waals surface area contributed by atoms with E-state index >= 15 is 0 Å². The number of para-hydroxylation sites is 1. The number of phenols is 2. The van der Waals surface area contributed by atoms with Gasteiger partial charge in [0.25, 0.3) is 0 Å². The van der Waals surface area contributed by atoms with E-state index in [-0.39, 0.29) is 29.0 Å². The molecule has 6 heteroatoms. The van der Waals surface area contributed by atoms with Gasteiger partial charge >= 0.3 is 11.9 Å². The minimum atomic E-state index is -1.27. The molecule has 0 heterocycles. The van der Waals surface area contributed by atoms with Crippen molar-refractivity contribution >= 4 is 11.9 Å². The van der Waals surface area contributed by atoms with E-state index in [1.165, 1.54) is 30.3 Å². The molecule has 0 spiro atoms. The van der Waals surface area contributed by atoms with Gasteiger partial charge in [0.1, 0.15) is 22.6 Å². The van der Waals surface area contributed by atoms with Crippen molar-refractivity contribution < 1.29 is 30.0 Å². The molecule has 0 saturated carbocycles. The molecule has 6 nitrogen and oxygen atoms in total. The van der Waals surface area contributed by atoms with Crippen molar-refractivity contribution in [2.75, 3.05) is 0 Å². The number of carbonyl (C=O) groups is 2. The summed E-state index contributed by atoms with van der Waals surface area (Å²) in [7, 11) is 0. The van der Waals surface area contributed by atoms with E-state index in [0.717, 1.165) is 0 Å². The fourth-order valence-corrected chi connectivity index (χ4v) is 1.99. The van der Waals surface area contributed by atoms with Crippen molar-refractivity contribution in [3.63, 3.8) is 0 Å². The molecule has 108 valence electrons. The lowest BCUT2D eigenvalue weighted by Gasteiger charge is -2.08. The maximum absolute atomic E-state index is 10.9. The van der Waals surface area contributed by atoms with Gasteiger partial charge < -0.3 is 20.4 Å². The van der Waals surface area contributed by atoms with Crippen LogP contribution in [0.2, 0.25) is 0 Å². The van der Waals surface area contributed by atoms with Crippen molar-refractivity contribution in [3.8, 4) is 11.5 Å². The third kappa shape index (κ3) is 2.94. The van der Waals surface area contributed by atoms with Crippen LogP contribution in [-0.2, 0) is 6.42 Å². The van der Waals surface area contributed by atoms with E-state index in [2.05, 4.69) is 0 Å². The fraction of sp³-hybridized carbons (Fsp3) is 0.0667. The summed E-state index contributed by atoms with van der Waals surface area (Å²) in [6.07, 6.45) is 0.146. The SMILES string of the molecule is O=C(O)c1cc(Cc2cccc(C(=O)O)c2O)ccc1O. The lowest BCUT2D eigenvalue weighted by Crippen LogP contribution is -2.01. The van der Waals surface area contributed by atoms with Crippen LogP contribution >= 0.6 is 0 Å². The van der Waals surface area contributed by atoms with E-state index < -0.39 is 11.9 Å². The first-order chi connectivity index (χ1) is 9.90. The number of aromatic carboxylic acids is 2. The predicted molar refractivity (Wildman–Crippen MR) is 72.9 cm³/mol. The van der Waals surface area contributed by atoms with Gasteiger partial charge in [-0.25, -0.2) is 9.59 Å². The second-order valence-electron chi connectivity index (χ2n) is 4.45. The van der Waals surface area contributed by atoms with Crippen molar-refractivity contribution in [2.24, 2.45) is 0 Å². The third-order valence-corrected chi connectivity index (χ3v) is 3.04. The molecule has 2 rings (SSSR count). The summed E-state index contributed by atoms with van der Waals surface area (Å²) >= 11 is 0. The van der Waals surface area contributed by atoms with Gasteiger partial charge in [-0.05, 0) is 29.3 Å². The van der Waals surface area contributed by atoms with E-state index in [9.17, 15) is 19.8 Å². The highest BCUT2D eigenvalue weighted by Gasteiger charge is 2.15. The Balaban J connectivity index is 2.39. The number of rotatable bonds is 4. The Bertz CT molecular complexity index is 720. The Morgan fingerprint density at radius 3 is 2.19 bits per heavy atom. The maximum atomic E-state index is 10.9. The summed E-state index contributed by atoms with van der Waals surface area (Å²) in [6.45, 7) is 0. The molecule has 0 fully saturated rings. The van der Waals surface area contributed by atoms with Crippen molar-refractivity contribution in [1.82, 2.24) is 0 Å². The monoisotopic (exact) mass is 288 g/mol. The second kappa shape index (κ2) is 5.54. The fourth-order valence-electron chi connectivity index (χ4n) is 1.99. The standard InChI is InChI=1S/C15H12O6/c16-12-5-4-8(7-11(12)15(20)21)6-9-2-1-3-10(13(9)17)14(18)19/h1-5,7,16-17H,6H2,(H,18,19)(H,20,21). The molecule has 21 heavy (non-hydrogen) atoms. The lowest BCUT2D eigenvalue weighted by atomic mass is 9.99. The zero-order valence-electron chi connectivity index (χ0n) is 10.8. The maximum Gasteiger partial charge on any atom is 0.339 e. The highest BCUT2D eigenvalue weighted by Crippen LogP contribution is 2.26. The number of carboxylic acid groups (broad SMARTS) is 2. The van der Waals surface area contributed by atoms with Gasteiger partial charge in [-0.15, -0.1) is 0 Å². The van der Waals surface area contributed by atoms with E-state index in [1.807, 2.05) is 0 Å². The Hall–Kier alpha value is -3.02. The molecule has 0 bridgehead atoms. The summed E-state index contributed by atoms with van der Waals surface area (Å²) in [5.74, 6) is -3.21. The normalized spacial score (nSPS) is 10.3. The average Bonchev–Trinajstić information content (AvgIpc) is 2.42. The van der Waals surface area contributed by atoms with Crippen LogP contribution in [0.1, 0.15) is 31.8 Å². The molecule has 2 aromatic rings. The first-order valence-electron chi connectivity index (χ1n) is 5.99. The first-order valence-corrected chi connectivity index (χ1v) is 5.99. The molecule has 0 aliphatic heterocycles. The zero-order chi connectivity index (χ0) is 15.6. The molecule has 0 atom stereocenters. The Morgan fingerprint density at radius 1 is 0.905 bits per heavy atom. The van der Waals surface area contributed by atoms with Gasteiger partial charge in [0, 0.05) is 6.42 Å². The minimum absolute atomic E-state index is 0.146. The van der Waals surface area contributed by atoms with Gasteiger partial charge in [-0.1, -0.05) is 18.2 Å². The molecule has 0 aliphatic carbocycles. The Labute approximate surface area is 119 Å². The van der Waals surface area contributed by atoms with Crippen LogP contribution in [0.3, 0.4) is 0 Å². The van der Waals surface area contributed by atoms with Crippen LogP contribution in [0, 0.1) is 0 Å². The zero-order valence-corrected chi connectivity index (χ0v) is 10.8.